The zero-order valence-corrected chi connectivity index (χ0v) is 12.9. The number of sulfonamides is 1. The Labute approximate surface area is 108 Å². The molecule has 0 heterocycles. The summed E-state index contributed by atoms with van der Waals surface area (Å²) < 4.78 is 22.5. The maximum Gasteiger partial charge on any atom is 0.213 e. The molecule has 0 amide bonds. The van der Waals surface area contributed by atoms with Crippen molar-refractivity contribution in [3.05, 3.63) is 0 Å². The third-order valence-corrected chi connectivity index (χ3v) is 4.41. The van der Waals surface area contributed by atoms with Crippen molar-refractivity contribution in [2.24, 2.45) is 5.73 Å². The molecule has 0 atom stereocenters. The lowest BCUT2D eigenvalue weighted by Crippen LogP contribution is -2.23. The van der Waals surface area contributed by atoms with Gasteiger partial charge in [-0.1, -0.05) is 33.1 Å². The molecule has 0 spiro atoms. The molecule has 17 heavy (non-hydrogen) atoms. The minimum Gasteiger partial charge on any atom is -0.328 e. The van der Waals surface area contributed by atoms with Crippen LogP contribution in [0.5, 0.6) is 0 Å². The standard InChI is InChI=1S/C6H13N.C4H11NO2S.C2H6/c7-6-4-2-1-3-5-6;1-4-8(6,7)5(2)3;1-2/h6H,1-5,7H2;4H2,1-3H3;1-2H3. The molecule has 1 fully saturated rings. The molecule has 0 aromatic heterocycles. The van der Waals surface area contributed by atoms with Crippen LogP contribution in [-0.2, 0) is 10.0 Å². The van der Waals surface area contributed by atoms with Crippen molar-refractivity contribution in [3.63, 3.8) is 0 Å². The lowest BCUT2D eigenvalue weighted by molar-refractivity contribution is 0.441. The third kappa shape index (κ3) is 10.7. The van der Waals surface area contributed by atoms with Gasteiger partial charge in [-0.15, -0.1) is 0 Å². The first-order chi connectivity index (χ1) is 7.90. The number of hydrogen-bond acceptors (Lipinski definition) is 3. The first-order valence-corrected chi connectivity index (χ1v) is 8.17. The van der Waals surface area contributed by atoms with E-state index < -0.39 is 10.0 Å². The molecule has 1 saturated carbocycles. The minimum atomic E-state index is -2.90. The molecule has 4 nitrogen and oxygen atoms in total. The fourth-order valence-corrected chi connectivity index (χ4v) is 1.91. The van der Waals surface area contributed by atoms with Crippen LogP contribution in [0.1, 0.15) is 52.9 Å². The molecule has 0 unspecified atom stereocenters. The van der Waals surface area contributed by atoms with E-state index in [0.717, 1.165) is 0 Å². The Morgan fingerprint density at radius 2 is 1.53 bits per heavy atom. The van der Waals surface area contributed by atoms with Gasteiger partial charge in [-0.3, -0.25) is 0 Å². The second-order valence-electron chi connectivity index (χ2n) is 4.08. The van der Waals surface area contributed by atoms with Crippen LogP contribution in [0.15, 0.2) is 0 Å². The van der Waals surface area contributed by atoms with Gasteiger partial charge < -0.3 is 5.73 Å². The zero-order valence-electron chi connectivity index (χ0n) is 12.1. The Bertz CT molecular complexity index is 245. The quantitative estimate of drug-likeness (QED) is 0.833. The van der Waals surface area contributed by atoms with Crippen LogP contribution in [0, 0.1) is 0 Å². The van der Waals surface area contributed by atoms with Crippen molar-refractivity contribution in [2.75, 3.05) is 19.8 Å². The maximum absolute atomic E-state index is 10.6. The van der Waals surface area contributed by atoms with Crippen LogP contribution in [0.25, 0.3) is 0 Å². The van der Waals surface area contributed by atoms with Crippen molar-refractivity contribution >= 4 is 10.0 Å². The highest BCUT2D eigenvalue weighted by molar-refractivity contribution is 7.89. The molecule has 1 aliphatic carbocycles. The summed E-state index contributed by atoms with van der Waals surface area (Å²) in [7, 11) is 0.150. The zero-order chi connectivity index (χ0) is 13.9. The van der Waals surface area contributed by atoms with Crippen molar-refractivity contribution in [2.45, 2.75) is 58.9 Å². The van der Waals surface area contributed by atoms with Crippen molar-refractivity contribution in [1.82, 2.24) is 4.31 Å². The van der Waals surface area contributed by atoms with E-state index in [1.54, 1.807) is 6.92 Å². The minimum absolute atomic E-state index is 0.181. The number of nitrogens with two attached hydrogens (primary N) is 1. The average Bonchev–Trinajstić information content (AvgIpc) is 2.33. The Morgan fingerprint density at radius 1 is 1.12 bits per heavy atom. The maximum atomic E-state index is 10.6. The molecule has 1 aliphatic rings. The number of nitrogens with zero attached hydrogens (tertiary/aromatic N) is 1. The topological polar surface area (TPSA) is 63.4 Å². The highest BCUT2D eigenvalue weighted by Crippen LogP contribution is 2.14. The average molecular weight is 266 g/mol. The van der Waals surface area contributed by atoms with Gasteiger partial charge in [-0.2, -0.15) is 0 Å². The third-order valence-electron chi connectivity index (χ3n) is 2.57. The van der Waals surface area contributed by atoms with E-state index in [2.05, 4.69) is 0 Å². The Balaban J connectivity index is 0. The van der Waals surface area contributed by atoms with Gasteiger partial charge in [0.2, 0.25) is 10.0 Å². The molecular formula is C12H30N2O2S. The summed E-state index contributed by atoms with van der Waals surface area (Å²) in [5.74, 6) is 0.181. The Kier molecular flexibility index (Phi) is 12.4. The van der Waals surface area contributed by atoms with E-state index in [9.17, 15) is 8.42 Å². The lowest BCUT2D eigenvalue weighted by atomic mass is 9.97. The first kappa shape index (κ1) is 19.2. The van der Waals surface area contributed by atoms with E-state index in [1.165, 1.54) is 50.5 Å². The highest BCUT2D eigenvalue weighted by Gasteiger charge is 2.07. The molecule has 5 heteroatoms. The van der Waals surface area contributed by atoms with Gasteiger partial charge in [-0.25, -0.2) is 12.7 Å². The summed E-state index contributed by atoms with van der Waals surface area (Å²) >= 11 is 0. The van der Waals surface area contributed by atoms with E-state index in [4.69, 9.17) is 5.73 Å². The predicted molar refractivity (Wildman–Crippen MR) is 75.6 cm³/mol. The summed E-state index contributed by atoms with van der Waals surface area (Å²) in [6, 6.07) is 0.536. The molecule has 0 aromatic rings. The van der Waals surface area contributed by atoms with E-state index in [1.807, 2.05) is 13.8 Å². The van der Waals surface area contributed by atoms with Crippen LogP contribution in [-0.4, -0.2) is 38.6 Å². The molecule has 106 valence electrons. The van der Waals surface area contributed by atoms with E-state index in [-0.39, 0.29) is 5.75 Å². The fraction of sp³-hybridized carbons (Fsp3) is 1.00. The van der Waals surface area contributed by atoms with Crippen molar-refractivity contribution in [3.8, 4) is 0 Å². The predicted octanol–water partition coefficient (Wildman–Crippen LogP) is 2.20. The molecule has 1 rings (SSSR count). The number of rotatable bonds is 2. The van der Waals surface area contributed by atoms with Gasteiger partial charge in [0.1, 0.15) is 0 Å². The van der Waals surface area contributed by atoms with Gasteiger partial charge >= 0.3 is 0 Å². The summed E-state index contributed by atoms with van der Waals surface area (Å²) in [5.41, 5.74) is 5.63. The van der Waals surface area contributed by atoms with Crippen LogP contribution in [0.4, 0.5) is 0 Å². The van der Waals surface area contributed by atoms with Crippen LogP contribution >= 0.6 is 0 Å². The molecule has 0 radical (unpaired) electrons. The van der Waals surface area contributed by atoms with E-state index in [0.29, 0.717) is 6.04 Å². The second-order valence-corrected chi connectivity index (χ2v) is 6.55. The van der Waals surface area contributed by atoms with Gasteiger partial charge in [0.05, 0.1) is 5.75 Å². The Hall–Kier alpha value is -0.130. The number of hydrogen-bond donors (Lipinski definition) is 1. The monoisotopic (exact) mass is 266 g/mol. The van der Waals surface area contributed by atoms with Crippen LogP contribution in [0.2, 0.25) is 0 Å². The molecule has 0 bridgehead atoms. The fourth-order valence-electron chi connectivity index (χ4n) is 1.39. The summed E-state index contributed by atoms with van der Waals surface area (Å²) in [4.78, 5) is 0. The first-order valence-electron chi connectivity index (χ1n) is 6.56. The van der Waals surface area contributed by atoms with Gasteiger partial charge in [0.15, 0.2) is 0 Å². The van der Waals surface area contributed by atoms with Crippen LogP contribution < -0.4 is 5.73 Å². The van der Waals surface area contributed by atoms with Gasteiger partial charge in [0.25, 0.3) is 0 Å². The van der Waals surface area contributed by atoms with Gasteiger partial charge in [0, 0.05) is 20.1 Å². The molecular weight excluding hydrogens is 236 g/mol. The SMILES string of the molecule is CC.CCS(=O)(=O)N(C)C.NC1CCCCC1. The van der Waals surface area contributed by atoms with Crippen LogP contribution in [0.3, 0.4) is 0 Å². The molecule has 0 aliphatic heterocycles. The normalized spacial score (nSPS) is 16.6. The highest BCUT2D eigenvalue weighted by atomic mass is 32.2. The second kappa shape index (κ2) is 11.0. The van der Waals surface area contributed by atoms with Gasteiger partial charge in [-0.05, 0) is 19.8 Å². The molecule has 0 aromatic carbocycles. The lowest BCUT2D eigenvalue weighted by Gasteiger charge is -2.15. The molecule has 0 saturated heterocycles. The summed E-state index contributed by atoms with van der Waals surface area (Å²) in [6.07, 6.45) is 6.66. The van der Waals surface area contributed by atoms with E-state index >= 15 is 0 Å². The Morgan fingerprint density at radius 3 is 1.65 bits per heavy atom. The largest absolute Gasteiger partial charge is 0.328 e. The summed E-state index contributed by atoms with van der Waals surface area (Å²) in [5, 5.41) is 0. The van der Waals surface area contributed by atoms with Crippen molar-refractivity contribution in [1.29, 1.82) is 0 Å². The summed E-state index contributed by atoms with van der Waals surface area (Å²) in [6.45, 7) is 5.62. The smallest absolute Gasteiger partial charge is 0.213 e. The van der Waals surface area contributed by atoms with Crippen molar-refractivity contribution < 1.29 is 8.42 Å². The molecule has 2 N–H and O–H groups in total.